The van der Waals surface area contributed by atoms with Crippen molar-refractivity contribution in [3.63, 3.8) is 0 Å². The summed E-state index contributed by atoms with van der Waals surface area (Å²) in [6, 6.07) is 1.85. The van der Waals surface area contributed by atoms with Crippen molar-refractivity contribution in [1.82, 2.24) is 9.80 Å². The number of unbranched alkanes of at least 4 members (excludes halogenated alkanes) is 2. The van der Waals surface area contributed by atoms with E-state index in [-0.39, 0.29) is 0 Å². The Kier molecular flexibility index (Phi) is 4.25. The van der Waals surface area contributed by atoms with Crippen LogP contribution >= 0.6 is 0 Å². The second kappa shape index (κ2) is 5.92. The van der Waals surface area contributed by atoms with Crippen LogP contribution in [-0.2, 0) is 0 Å². The van der Waals surface area contributed by atoms with Gasteiger partial charge in [-0.15, -0.1) is 0 Å². The average molecular weight is 250 g/mol. The molecule has 2 heteroatoms. The van der Waals surface area contributed by atoms with Crippen molar-refractivity contribution in [2.45, 2.75) is 89.4 Å². The van der Waals surface area contributed by atoms with Crippen LogP contribution in [-0.4, -0.2) is 41.1 Å². The first kappa shape index (κ1) is 12.9. The number of hydrogen-bond acceptors (Lipinski definition) is 2. The molecule has 0 amide bonds. The van der Waals surface area contributed by atoms with Gasteiger partial charge in [0.05, 0.1) is 6.17 Å². The molecule has 0 aliphatic carbocycles. The quantitative estimate of drug-likeness (QED) is 0.703. The van der Waals surface area contributed by atoms with Gasteiger partial charge in [-0.25, -0.2) is 0 Å². The van der Waals surface area contributed by atoms with Crippen molar-refractivity contribution in [1.29, 1.82) is 0 Å². The Morgan fingerprint density at radius 3 is 2.72 bits per heavy atom. The molecular formula is C16H30N2. The van der Waals surface area contributed by atoms with Gasteiger partial charge in [0.1, 0.15) is 0 Å². The molecule has 3 fully saturated rings. The van der Waals surface area contributed by atoms with Crippen molar-refractivity contribution < 1.29 is 0 Å². The van der Waals surface area contributed by atoms with E-state index in [4.69, 9.17) is 0 Å². The SMILES string of the molecule is CCCCC[C@H]1C[C@@H]2CCCCN2[C@H]2CCCN12. The summed E-state index contributed by atoms with van der Waals surface area (Å²) in [6.07, 6.45) is 15.3. The van der Waals surface area contributed by atoms with E-state index in [1.807, 2.05) is 0 Å². The van der Waals surface area contributed by atoms with Gasteiger partial charge in [-0.1, -0.05) is 32.6 Å². The molecule has 0 aromatic carbocycles. The normalized spacial score (nSPS) is 37.5. The number of piperidine rings is 1. The van der Waals surface area contributed by atoms with E-state index in [2.05, 4.69) is 16.7 Å². The Bertz CT molecular complexity index is 266. The van der Waals surface area contributed by atoms with E-state index in [0.717, 1.165) is 18.2 Å². The Hall–Kier alpha value is -0.0800. The molecule has 104 valence electrons. The predicted octanol–water partition coefficient (Wildman–Crippen LogP) is 3.62. The summed E-state index contributed by atoms with van der Waals surface area (Å²) in [7, 11) is 0. The van der Waals surface area contributed by atoms with Crippen molar-refractivity contribution >= 4 is 0 Å². The third-order valence-electron chi connectivity index (χ3n) is 5.47. The minimum absolute atomic E-state index is 0.829. The van der Waals surface area contributed by atoms with Crippen LogP contribution in [0.5, 0.6) is 0 Å². The zero-order chi connectivity index (χ0) is 12.4. The second-order valence-electron chi connectivity index (χ2n) is 6.63. The highest BCUT2D eigenvalue weighted by Gasteiger charge is 2.43. The molecule has 0 aromatic heterocycles. The van der Waals surface area contributed by atoms with Gasteiger partial charge in [0, 0.05) is 18.6 Å². The molecule has 3 heterocycles. The number of hydrogen-bond donors (Lipinski definition) is 0. The smallest absolute Gasteiger partial charge is 0.0627 e. The maximum atomic E-state index is 2.87. The molecule has 2 nitrogen and oxygen atoms in total. The summed E-state index contributed by atoms with van der Waals surface area (Å²) in [4.78, 5) is 5.74. The molecule has 0 spiro atoms. The fourth-order valence-corrected chi connectivity index (χ4v) is 4.58. The lowest BCUT2D eigenvalue weighted by molar-refractivity contribution is -0.0611. The zero-order valence-corrected chi connectivity index (χ0v) is 12.1. The van der Waals surface area contributed by atoms with Crippen molar-refractivity contribution in [3.8, 4) is 0 Å². The Balaban J connectivity index is 1.64. The van der Waals surface area contributed by atoms with Crippen LogP contribution in [0.15, 0.2) is 0 Å². The first-order valence-electron chi connectivity index (χ1n) is 8.41. The molecule has 3 aliphatic heterocycles. The molecule has 0 bridgehead atoms. The summed E-state index contributed by atoms with van der Waals surface area (Å²) in [5.41, 5.74) is 0. The molecular weight excluding hydrogens is 220 g/mol. The zero-order valence-electron chi connectivity index (χ0n) is 12.1. The van der Waals surface area contributed by atoms with Gasteiger partial charge in [-0.3, -0.25) is 9.80 Å². The van der Waals surface area contributed by atoms with Gasteiger partial charge < -0.3 is 0 Å². The maximum Gasteiger partial charge on any atom is 0.0627 e. The standard InChI is InChI=1S/C16H30N2/c1-2-3-4-8-14-13-15-9-5-6-11-17(15)16-10-7-12-18(14)16/h14-16H,2-13H2,1H3/t14-,15-,16+/m0/s1. The summed E-state index contributed by atoms with van der Waals surface area (Å²) < 4.78 is 0. The fourth-order valence-electron chi connectivity index (χ4n) is 4.58. The van der Waals surface area contributed by atoms with Crippen LogP contribution in [0.1, 0.15) is 71.1 Å². The minimum atomic E-state index is 0.829. The largest absolute Gasteiger partial charge is 0.285 e. The molecule has 0 radical (unpaired) electrons. The number of nitrogens with zero attached hydrogens (tertiary/aromatic N) is 2. The van der Waals surface area contributed by atoms with E-state index >= 15 is 0 Å². The second-order valence-corrected chi connectivity index (χ2v) is 6.63. The molecule has 3 rings (SSSR count). The first-order valence-corrected chi connectivity index (χ1v) is 8.41. The van der Waals surface area contributed by atoms with Gasteiger partial charge in [-0.05, 0) is 45.1 Å². The van der Waals surface area contributed by atoms with Crippen molar-refractivity contribution in [2.24, 2.45) is 0 Å². The molecule has 0 saturated carbocycles. The van der Waals surface area contributed by atoms with Crippen LogP contribution in [0.4, 0.5) is 0 Å². The summed E-state index contributed by atoms with van der Waals surface area (Å²) in [6.45, 7) is 5.08. The third-order valence-corrected chi connectivity index (χ3v) is 5.47. The van der Waals surface area contributed by atoms with Gasteiger partial charge in [-0.2, -0.15) is 0 Å². The number of fused-ring (bicyclic) bond motifs is 3. The lowest BCUT2D eigenvalue weighted by Crippen LogP contribution is -2.60. The third kappa shape index (κ3) is 2.46. The van der Waals surface area contributed by atoms with E-state index in [1.54, 1.807) is 0 Å². The lowest BCUT2D eigenvalue weighted by atomic mass is 9.89. The molecule has 3 aliphatic rings. The highest BCUT2D eigenvalue weighted by atomic mass is 15.4. The first-order chi connectivity index (χ1) is 8.90. The van der Waals surface area contributed by atoms with E-state index < -0.39 is 0 Å². The number of rotatable bonds is 4. The molecule has 0 aromatic rings. The van der Waals surface area contributed by atoms with Crippen LogP contribution < -0.4 is 0 Å². The van der Waals surface area contributed by atoms with Crippen LogP contribution in [0.3, 0.4) is 0 Å². The minimum Gasteiger partial charge on any atom is -0.285 e. The predicted molar refractivity (Wildman–Crippen MR) is 76.6 cm³/mol. The Labute approximate surface area is 113 Å². The molecule has 3 atom stereocenters. The van der Waals surface area contributed by atoms with Gasteiger partial charge in [0.2, 0.25) is 0 Å². The van der Waals surface area contributed by atoms with Gasteiger partial charge in [0.15, 0.2) is 0 Å². The molecule has 0 unspecified atom stereocenters. The lowest BCUT2D eigenvalue weighted by Gasteiger charge is -2.51. The highest BCUT2D eigenvalue weighted by Crippen LogP contribution is 2.38. The fraction of sp³-hybridized carbons (Fsp3) is 1.00. The van der Waals surface area contributed by atoms with E-state index in [1.165, 1.54) is 77.3 Å². The van der Waals surface area contributed by atoms with Crippen LogP contribution in [0.2, 0.25) is 0 Å². The average Bonchev–Trinajstić information content (AvgIpc) is 2.89. The van der Waals surface area contributed by atoms with E-state index in [0.29, 0.717) is 0 Å². The maximum absolute atomic E-state index is 2.87. The molecule has 18 heavy (non-hydrogen) atoms. The highest BCUT2D eigenvalue weighted by molar-refractivity contribution is 4.96. The van der Waals surface area contributed by atoms with Crippen molar-refractivity contribution in [3.05, 3.63) is 0 Å². The van der Waals surface area contributed by atoms with E-state index in [9.17, 15) is 0 Å². The van der Waals surface area contributed by atoms with Crippen LogP contribution in [0, 0.1) is 0 Å². The topological polar surface area (TPSA) is 6.48 Å². The Morgan fingerprint density at radius 1 is 0.944 bits per heavy atom. The monoisotopic (exact) mass is 250 g/mol. The van der Waals surface area contributed by atoms with Gasteiger partial charge in [0.25, 0.3) is 0 Å². The Morgan fingerprint density at radius 2 is 1.83 bits per heavy atom. The molecule has 3 saturated heterocycles. The summed E-state index contributed by atoms with van der Waals surface area (Å²) in [5, 5.41) is 0. The van der Waals surface area contributed by atoms with Crippen LogP contribution in [0.25, 0.3) is 0 Å². The van der Waals surface area contributed by atoms with Gasteiger partial charge >= 0.3 is 0 Å². The summed E-state index contributed by atoms with van der Waals surface area (Å²) >= 11 is 0. The molecule has 0 N–H and O–H groups in total. The van der Waals surface area contributed by atoms with Crippen molar-refractivity contribution in [2.75, 3.05) is 13.1 Å². The summed E-state index contributed by atoms with van der Waals surface area (Å²) in [5.74, 6) is 0.